The molecular weight excluding hydrogens is 242 g/mol. The Balaban J connectivity index is 1.96. The van der Waals surface area contributed by atoms with Crippen LogP contribution in [0.5, 0.6) is 0 Å². The monoisotopic (exact) mass is 281 g/mol. The highest BCUT2D eigenvalue weighted by Crippen LogP contribution is 2.37. The van der Waals surface area contributed by atoms with Crippen molar-refractivity contribution < 1.29 is 0 Å². The minimum Gasteiger partial charge on any atom is -0.303 e. The van der Waals surface area contributed by atoms with Crippen molar-refractivity contribution in [3.05, 3.63) is 0 Å². The molecule has 1 heteroatoms. The van der Waals surface area contributed by atoms with Crippen LogP contribution in [-0.2, 0) is 0 Å². The van der Waals surface area contributed by atoms with Crippen molar-refractivity contribution in [2.75, 3.05) is 19.6 Å². The highest BCUT2D eigenvalue weighted by molar-refractivity contribution is 4.83. The smallest absolute Gasteiger partial charge is 0.00134 e. The molecule has 20 heavy (non-hydrogen) atoms. The molecule has 1 rings (SSSR count). The van der Waals surface area contributed by atoms with Gasteiger partial charge in [0, 0.05) is 0 Å². The summed E-state index contributed by atoms with van der Waals surface area (Å²) in [6, 6.07) is 0. The lowest BCUT2D eigenvalue weighted by atomic mass is 9.74. The van der Waals surface area contributed by atoms with Gasteiger partial charge in [-0.25, -0.2) is 0 Å². The molecule has 1 aliphatic rings. The van der Waals surface area contributed by atoms with E-state index in [1.165, 1.54) is 96.7 Å². The quantitative estimate of drug-likeness (QED) is 0.418. The molecule has 0 bridgehead atoms. The maximum absolute atomic E-state index is 2.72. The summed E-state index contributed by atoms with van der Waals surface area (Å²) < 4.78 is 0. The number of piperidine rings is 1. The van der Waals surface area contributed by atoms with Crippen molar-refractivity contribution in [1.82, 2.24) is 4.90 Å². The van der Waals surface area contributed by atoms with E-state index in [4.69, 9.17) is 0 Å². The molecule has 0 spiro atoms. The van der Waals surface area contributed by atoms with E-state index in [2.05, 4.69) is 25.7 Å². The highest BCUT2D eigenvalue weighted by atomic mass is 15.1. The Hall–Kier alpha value is -0.0400. The number of hydrogen-bond acceptors (Lipinski definition) is 1. The van der Waals surface area contributed by atoms with Crippen LogP contribution in [0.3, 0.4) is 0 Å². The summed E-state index contributed by atoms with van der Waals surface area (Å²) >= 11 is 0. The number of rotatable bonds is 11. The van der Waals surface area contributed by atoms with Crippen LogP contribution in [0.25, 0.3) is 0 Å². The minimum absolute atomic E-state index is 0.690. The van der Waals surface area contributed by atoms with Crippen LogP contribution in [0.4, 0.5) is 0 Å². The number of hydrogen-bond donors (Lipinski definition) is 0. The fourth-order valence-corrected chi connectivity index (χ4v) is 3.68. The normalized spacial score (nSPS) is 19.4. The first-order chi connectivity index (χ1) is 9.76. The summed E-state index contributed by atoms with van der Waals surface area (Å²) in [4.78, 5) is 2.72. The molecule has 0 unspecified atom stereocenters. The van der Waals surface area contributed by atoms with Gasteiger partial charge in [-0.3, -0.25) is 0 Å². The molecule has 0 aromatic carbocycles. The molecular formula is C19H39N. The molecule has 0 amide bonds. The summed E-state index contributed by atoms with van der Waals surface area (Å²) in [5, 5.41) is 0. The molecule has 1 nitrogen and oxygen atoms in total. The summed E-state index contributed by atoms with van der Waals surface area (Å²) in [7, 11) is 0. The van der Waals surface area contributed by atoms with E-state index in [1.54, 1.807) is 0 Å². The number of nitrogens with zero attached hydrogens (tertiary/aromatic N) is 1. The molecule has 0 N–H and O–H groups in total. The van der Waals surface area contributed by atoms with E-state index in [9.17, 15) is 0 Å². The zero-order valence-corrected chi connectivity index (χ0v) is 14.6. The fraction of sp³-hybridized carbons (Fsp3) is 1.00. The minimum atomic E-state index is 0.690. The van der Waals surface area contributed by atoms with E-state index < -0.39 is 0 Å². The second-order valence-corrected chi connectivity index (χ2v) is 7.02. The summed E-state index contributed by atoms with van der Waals surface area (Å²) in [6.45, 7) is 11.1. The van der Waals surface area contributed by atoms with Gasteiger partial charge in [0.2, 0.25) is 0 Å². The van der Waals surface area contributed by atoms with Gasteiger partial charge in [-0.1, -0.05) is 78.6 Å². The molecule has 0 aromatic heterocycles. The molecule has 1 heterocycles. The first-order valence-electron chi connectivity index (χ1n) is 9.48. The molecule has 0 radical (unpaired) electrons. The lowest BCUT2D eigenvalue weighted by Gasteiger charge is -2.41. The summed E-state index contributed by atoms with van der Waals surface area (Å²) in [5.41, 5.74) is 0.690. The van der Waals surface area contributed by atoms with Crippen molar-refractivity contribution >= 4 is 0 Å². The topological polar surface area (TPSA) is 3.24 Å². The predicted molar refractivity (Wildman–Crippen MR) is 91.3 cm³/mol. The fourth-order valence-electron chi connectivity index (χ4n) is 3.68. The maximum Gasteiger partial charge on any atom is -0.00134 e. The Morgan fingerprint density at radius 1 is 0.700 bits per heavy atom. The Bertz CT molecular complexity index is 210. The van der Waals surface area contributed by atoms with Crippen LogP contribution in [0.2, 0.25) is 0 Å². The molecule has 0 aliphatic carbocycles. The largest absolute Gasteiger partial charge is 0.303 e. The van der Waals surface area contributed by atoms with Crippen LogP contribution in [0.15, 0.2) is 0 Å². The highest BCUT2D eigenvalue weighted by Gasteiger charge is 2.30. The second kappa shape index (κ2) is 10.7. The van der Waals surface area contributed by atoms with Crippen LogP contribution >= 0.6 is 0 Å². The first-order valence-corrected chi connectivity index (χ1v) is 9.48. The van der Waals surface area contributed by atoms with E-state index >= 15 is 0 Å². The maximum atomic E-state index is 2.72. The lowest BCUT2D eigenvalue weighted by molar-refractivity contribution is 0.0942. The van der Waals surface area contributed by atoms with Crippen molar-refractivity contribution in [3.63, 3.8) is 0 Å². The molecule has 0 saturated carbocycles. The number of unbranched alkanes of at least 4 members (excludes halogenated alkanes) is 7. The lowest BCUT2D eigenvalue weighted by Crippen LogP contribution is -2.39. The third-order valence-electron chi connectivity index (χ3n) is 5.74. The van der Waals surface area contributed by atoms with Gasteiger partial charge in [-0.05, 0) is 44.3 Å². The molecule has 1 aliphatic heterocycles. The van der Waals surface area contributed by atoms with Crippen LogP contribution in [0, 0.1) is 5.41 Å². The van der Waals surface area contributed by atoms with Gasteiger partial charge in [0.1, 0.15) is 0 Å². The van der Waals surface area contributed by atoms with Gasteiger partial charge in [0.25, 0.3) is 0 Å². The Morgan fingerprint density at radius 3 is 1.70 bits per heavy atom. The molecule has 120 valence electrons. The summed E-state index contributed by atoms with van der Waals surface area (Å²) in [5.74, 6) is 0. The van der Waals surface area contributed by atoms with Crippen LogP contribution < -0.4 is 0 Å². The average Bonchev–Trinajstić information content (AvgIpc) is 2.51. The van der Waals surface area contributed by atoms with Crippen molar-refractivity contribution in [1.29, 1.82) is 0 Å². The summed E-state index contributed by atoms with van der Waals surface area (Å²) in [6.07, 6.45) is 17.2. The Kier molecular flexibility index (Phi) is 9.59. The Morgan fingerprint density at radius 2 is 1.20 bits per heavy atom. The Labute approximate surface area is 128 Å². The molecule has 1 saturated heterocycles. The van der Waals surface area contributed by atoms with E-state index in [0.717, 1.165) is 0 Å². The predicted octanol–water partition coefficient (Wildman–Crippen LogP) is 6.03. The van der Waals surface area contributed by atoms with Crippen molar-refractivity contribution in [3.8, 4) is 0 Å². The van der Waals surface area contributed by atoms with Crippen molar-refractivity contribution in [2.24, 2.45) is 5.41 Å². The average molecular weight is 282 g/mol. The SMILES string of the molecule is CCCCCCCCCCN1CCC(CC)(CC)CC1. The van der Waals surface area contributed by atoms with Gasteiger partial charge < -0.3 is 4.90 Å². The van der Waals surface area contributed by atoms with E-state index in [0.29, 0.717) is 5.41 Å². The van der Waals surface area contributed by atoms with E-state index in [-0.39, 0.29) is 0 Å². The van der Waals surface area contributed by atoms with Gasteiger partial charge in [-0.2, -0.15) is 0 Å². The van der Waals surface area contributed by atoms with E-state index in [1.807, 2.05) is 0 Å². The first kappa shape index (κ1) is 18.0. The van der Waals surface area contributed by atoms with Gasteiger partial charge in [0.15, 0.2) is 0 Å². The van der Waals surface area contributed by atoms with Crippen LogP contribution in [-0.4, -0.2) is 24.5 Å². The molecule has 0 aromatic rings. The zero-order valence-electron chi connectivity index (χ0n) is 14.6. The molecule has 0 atom stereocenters. The van der Waals surface area contributed by atoms with Crippen molar-refractivity contribution in [2.45, 2.75) is 97.8 Å². The van der Waals surface area contributed by atoms with Crippen LogP contribution in [0.1, 0.15) is 97.8 Å². The third-order valence-corrected chi connectivity index (χ3v) is 5.74. The second-order valence-electron chi connectivity index (χ2n) is 7.02. The third kappa shape index (κ3) is 6.61. The molecule has 1 fully saturated rings. The van der Waals surface area contributed by atoms with Gasteiger partial charge in [-0.15, -0.1) is 0 Å². The van der Waals surface area contributed by atoms with Gasteiger partial charge >= 0.3 is 0 Å². The zero-order chi connectivity index (χ0) is 14.7. The number of likely N-dealkylation sites (tertiary alicyclic amines) is 1. The van der Waals surface area contributed by atoms with Gasteiger partial charge in [0.05, 0.1) is 0 Å². The standard InChI is InChI=1S/C19H39N/c1-4-7-8-9-10-11-12-13-16-20-17-14-19(5-2,6-3)15-18-20/h4-18H2,1-3H3.